The molecule has 1 aliphatic rings. The van der Waals surface area contributed by atoms with Crippen molar-refractivity contribution in [2.75, 3.05) is 26.7 Å². The van der Waals surface area contributed by atoms with Crippen molar-refractivity contribution < 1.29 is 9.59 Å². The fourth-order valence-electron chi connectivity index (χ4n) is 2.85. The van der Waals surface area contributed by atoms with E-state index in [4.69, 9.17) is 0 Å². The van der Waals surface area contributed by atoms with Crippen LogP contribution in [0.4, 0.5) is 0 Å². The lowest BCUT2D eigenvalue weighted by Gasteiger charge is -2.37. The second-order valence-electron chi connectivity index (χ2n) is 5.95. The van der Waals surface area contributed by atoms with Gasteiger partial charge in [0.1, 0.15) is 0 Å². The number of carbonyl (C=O) groups is 2. The average Bonchev–Trinajstić information content (AvgIpc) is 2.53. The highest BCUT2D eigenvalue weighted by atomic mass is 16.2. The van der Waals surface area contributed by atoms with Gasteiger partial charge in [-0.15, -0.1) is 0 Å². The smallest absolute Gasteiger partial charge is 0.242 e. The molecule has 1 fully saturated rings. The lowest BCUT2D eigenvalue weighted by atomic mass is 10.0. The number of nitrogens with zero attached hydrogens (tertiary/aromatic N) is 2. The first-order valence-electron chi connectivity index (χ1n) is 7.82. The fraction of sp³-hybridized carbons (Fsp3) is 0.529. The zero-order chi connectivity index (χ0) is 15.9. The van der Waals surface area contributed by atoms with Crippen LogP contribution in [0, 0.1) is 0 Å². The second kappa shape index (κ2) is 7.94. The minimum Gasteiger partial charge on any atom is -0.347 e. The summed E-state index contributed by atoms with van der Waals surface area (Å²) in [6.07, 6.45) is 2.11. The lowest BCUT2D eigenvalue weighted by Crippen LogP contribution is -2.50. The van der Waals surface area contributed by atoms with Crippen LogP contribution in [-0.2, 0) is 16.1 Å². The minimum absolute atomic E-state index is 0.00742. The second-order valence-corrected chi connectivity index (χ2v) is 5.95. The summed E-state index contributed by atoms with van der Waals surface area (Å²) in [7, 11) is 2.11. The predicted molar refractivity (Wildman–Crippen MR) is 86.2 cm³/mol. The number of rotatable bonds is 5. The van der Waals surface area contributed by atoms with Crippen LogP contribution >= 0.6 is 0 Å². The maximum absolute atomic E-state index is 12.1. The number of nitrogens with one attached hydrogen (secondary N) is 1. The van der Waals surface area contributed by atoms with Crippen LogP contribution in [0.15, 0.2) is 30.3 Å². The summed E-state index contributed by atoms with van der Waals surface area (Å²) >= 11 is 0. The van der Waals surface area contributed by atoms with Crippen molar-refractivity contribution in [3.05, 3.63) is 35.9 Å². The molecule has 0 aliphatic carbocycles. The van der Waals surface area contributed by atoms with Gasteiger partial charge in [-0.05, 0) is 25.5 Å². The van der Waals surface area contributed by atoms with Gasteiger partial charge < -0.3 is 10.2 Å². The van der Waals surface area contributed by atoms with Crippen LogP contribution in [0.2, 0.25) is 0 Å². The third-order valence-electron chi connectivity index (χ3n) is 4.14. The van der Waals surface area contributed by atoms with Crippen molar-refractivity contribution in [3.8, 4) is 0 Å². The van der Waals surface area contributed by atoms with E-state index in [2.05, 4.69) is 29.4 Å². The first-order valence-corrected chi connectivity index (χ1v) is 7.82. The zero-order valence-corrected chi connectivity index (χ0v) is 13.4. The molecular formula is C17H25N3O2. The summed E-state index contributed by atoms with van der Waals surface area (Å²) in [4.78, 5) is 27.2. The first kappa shape index (κ1) is 16.5. The van der Waals surface area contributed by atoms with E-state index in [1.54, 1.807) is 0 Å². The Morgan fingerprint density at radius 1 is 1.32 bits per heavy atom. The van der Waals surface area contributed by atoms with Gasteiger partial charge in [0.05, 0.1) is 6.54 Å². The summed E-state index contributed by atoms with van der Waals surface area (Å²) in [5.74, 6) is -0.156. The van der Waals surface area contributed by atoms with Crippen molar-refractivity contribution in [1.82, 2.24) is 15.1 Å². The van der Waals surface area contributed by atoms with Crippen LogP contribution in [0.1, 0.15) is 25.3 Å². The highest BCUT2D eigenvalue weighted by Gasteiger charge is 2.26. The van der Waals surface area contributed by atoms with E-state index in [0.29, 0.717) is 6.04 Å². The molecular weight excluding hydrogens is 278 g/mol. The molecule has 0 unspecified atom stereocenters. The molecule has 2 amide bonds. The van der Waals surface area contributed by atoms with Crippen molar-refractivity contribution in [3.63, 3.8) is 0 Å². The summed E-state index contributed by atoms with van der Waals surface area (Å²) < 4.78 is 0. The largest absolute Gasteiger partial charge is 0.347 e. The highest BCUT2D eigenvalue weighted by Crippen LogP contribution is 2.17. The highest BCUT2D eigenvalue weighted by molar-refractivity contribution is 5.83. The maximum Gasteiger partial charge on any atom is 0.242 e. The Morgan fingerprint density at radius 3 is 2.73 bits per heavy atom. The van der Waals surface area contributed by atoms with Crippen molar-refractivity contribution in [2.45, 2.75) is 32.4 Å². The Bertz CT molecular complexity index is 504. The summed E-state index contributed by atoms with van der Waals surface area (Å²) in [5, 5.41) is 2.58. The normalized spacial score (nSPS) is 18.3. The number of carbonyl (C=O) groups excluding carboxylic acids is 2. The molecule has 1 atom stereocenters. The molecule has 1 saturated heterocycles. The molecule has 1 aromatic carbocycles. The summed E-state index contributed by atoms with van der Waals surface area (Å²) in [6, 6.07) is 10.7. The molecule has 120 valence electrons. The molecule has 1 N–H and O–H groups in total. The molecule has 1 aromatic rings. The van der Waals surface area contributed by atoms with Gasteiger partial charge in [0.25, 0.3) is 0 Å². The minimum atomic E-state index is -0.164. The van der Waals surface area contributed by atoms with Gasteiger partial charge in [-0.25, -0.2) is 0 Å². The third-order valence-corrected chi connectivity index (χ3v) is 4.14. The van der Waals surface area contributed by atoms with Gasteiger partial charge in [-0.2, -0.15) is 0 Å². The zero-order valence-electron chi connectivity index (χ0n) is 13.4. The number of benzene rings is 1. The number of likely N-dealkylation sites (tertiary alicyclic amines) is 1. The van der Waals surface area contributed by atoms with Crippen LogP contribution in [0.25, 0.3) is 0 Å². The number of hydrogen-bond donors (Lipinski definition) is 1. The van der Waals surface area contributed by atoms with E-state index in [1.807, 2.05) is 23.1 Å². The Balaban J connectivity index is 1.86. The Morgan fingerprint density at radius 2 is 2.05 bits per heavy atom. The van der Waals surface area contributed by atoms with Crippen molar-refractivity contribution in [2.24, 2.45) is 0 Å². The molecule has 1 aliphatic heterocycles. The van der Waals surface area contributed by atoms with E-state index in [1.165, 1.54) is 12.5 Å². The number of likely N-dealkylation sites (N-methyl/N-ethyl adjacent to an activating group) is 1. The summed E-state index contributed by atoms with van der Waals surface area (Å²) in [6.45, 7) is 3.94. The molecule has 5 nitrogen and oxygen atoms in total. The number of piperidine rings is 1. The van der Waals surface area contributed by atoms with Crippen molar-refractivity contribution in [1.29, 1.82) is 0 Å². The van der Waals surface area contributed by atoms with Crippen LogP contribution in [-0.4, -0.2) is 54.3 Å². The SMILES string of the molecule is CC(=O)NCC(=O)N1CCC[C@@H](N(C)Cc2ccccc2)C1. The van der Waals surface area contributed by atoms with E-state index in [-0.39, 0.29) is 18.4 Å². The first-order chi connectivity index (χ1) is 10.6. The van der Waals surface area contributed by atoms with Gasteiger partial charge in [0.2, 0.25) is 11.8 Å². The molecule has 0 bridgehead atoms. The Hall–Kier alpha value is -1.88. The molecule has 0 radical (unpaired) electrons. The molecule has 0 saturated carbocycles. The van der Waals surface area contributed by atoms with Crippen molar-refractivity contribution >= 4 is 11.8 Å². The van der Waals surface area contributed by atoms with Gasteiger partial charge in [-0.1, -0.05) is 30.3 Å². The van der Waals surface area contributed by atoms with E-state index in [0.717, 1.165) is 32.5 Å². The van der Waals surface area contributed by atoms with E-state index >= 15 is 0 Å². The predicted octanol–water partition coefficient (Wildman–Crippen LogP) is 1.25. The number of hydrogen-bond acceptors (Lipinski definition) is 3. The van der Waals surface area contributed by atoms with Crippen LogP contribution in [0.3, 0.4) is 0 Å². The average molecular weight is 303 g/mol. The lowest BCUT2D eigenvalue weighted by molar-refractivity contribution is -0.134. The monoisotopic (exact) mass is 303 g/mol. The van der Waals surface area contributed by atoms with Crippen LogP contribution < -0.4 is 5.32 Å². The van der Waals surface area contributed by atoms with Gasteiger partial charge in [0, 0.05) is 32.6 Å². The quantitative estimate of drug-likeness (QED) is 0.890. The van der Waals surface area contributed by atoms with Gasteiger partial charge in [0.15, 0.2) is 0 Å². The standard InChI is InChI=1S/C17H25N3O2/c1-14(21)18-11-17(22)20-10-6-9-16(13-20)19(2)12-15-7-4-3-5-8-15/h3-5,7-8,16H,6,9-13H2,1-2H3,(H,18,21)/t16-/m1/s1. The molecule has 22 heavy (non-hydrogen) atoms. The molecule has 1 heterocycles. The molecule has 0 aromatic heterocycles. The molecule has 2 rings (SSSR count). The number of amides is 2. The van der Waals surface area contributed by atoms with Gasteiger partial charge >= 0.3 is 0 Å². The topological polar surface area (TPSA) is 52.7 Å². The molecule has 5 heteroatoms. The third kappa shape index (κ3) is 4.84. The fourth-order valence-corrected chi connectivity index (χ4v) is 2.85. The van der Waals surface area contributed by atoms with Crippen LogP contribution in [0.5, 0.6) is 0 Å². The van der Waals surface area contributed by atoms with E-state index < -0.39 is 0 Å². The summed E-state index contributed by atoms with van der Waals surface area (Å²) in [5.41, 5.74) is 1.28. The van der Waals surface area contributed by atoms with E-state index in [9.17, 15) is 9.59 Å². The Labute approximate surface area is 132 Å². The Kier molecular flexibility index (Phi) is 5.95. The van der Waals surface area contributed by atoms with Gasteiger partial charge in [-0.3, -0.25) is 14.5 Å². The maximum atomic E-state index is 12.1. The molecule has 0 spiro atoms.